The number of furan rings is 1. The van der Waals surface area contributed by atoms with Gasteiger partial charge in [-0.15, -0.1) is 0 Å². The van der Waals surface area contributed by atoms with Crippen LogP contribution < -0.4 is 0 Å². The van der Waals surface area contributed by atoms with Gasteiger partial charge in [0.1, 0.15) is 12.1 Å². The third kappa shape index (κ3) is 4.32. The predicted molar refractivity (Wildman–Crippen MR) is 109 cm³/mol. The van der Waals surface area contributed by atoms with Crippen molar-refractivity contribution in [1.82, 2.24) is 15.2 Å². The molecule has 0 aliphatic carbocycles. The Bertz CT molecular complexity index is 1110. The van der Waals surface area contributed by atoms with E-state index in [1.165, 1.54) is 11.9 Å². The highest BCUT2D eigenvalue weighted by molar-refractivity contribution is 6.06. The minimum Gasteiger partial charge on any atom is -0.504 e. The van der Waals surface area contributed by atoms with E-state index in [9.17, 15) is 9.90 Å². The van der Waals surface area contributed by atoms with Gasteiger partial charge in [0.2, 0.25) is 5.78 Å². The van der Waals surface area contributed by atoms with Gasteiger partial charge in [0.25, 0.3) is 0 Å². The van der Waals surface area contributed by atoms with Crippen molar-refractivity contribution < 1.29 is 14.3 Å². The molecular weight excluding hydrogens is 366 g/mol. The van der Waals surface area contributed by atoms with E-state index >= 15 is 0 Å². The number of allylic oxidation sites excluding steroid dienone is 1. The molecule has 2 N–H and O–H groups in total. The van der Waals surface area contributed by atoms with E-state index in [0.29, 0.717) is 6.42 Å². The minimum atomic E-state index is -0.443. The molecule has 4 rings (SSSR count). The number of hydrogen-bond donors (Lipinski definition) is 2. The molecule has 0 aliphatic rings. The van der Waals surface area contributed by atoms with Gasteiger partial charge in [-0.2, -0.15) is 5.10 Å². The standard InChI is InChI=1S/C23H19N3O3/c27-19(14-20(28)23-24-15-25-26-23)22-13-18(17-9-5-2-6-10-17)21(29-22)12-11-16-7-3-1-4-8-16/h1-10,13-15,28H,11-12H2,(H,24,25,26). The number of H-pyrrole nitrogens is 1. The molecule has 0 atom stereocenters. The van der Waals surface area contributed by atoms with Crippen molar-refractivity contribution in [3.63, 3.8) is 0 Å². The number of carbonyl (C=O) groups excluding carboxylic acids is 1. The average Bonchev–Trinajstić information content (AvgIpc) is 3.44. The number of aromatic nitrogens is 3. The summed E-state index contributed by atoms with van der Waals surface area (Å²) in [5.74, 6) is 0.282. The Morgan fingerprint density at radius 3 is 2.45 bits per heavy atom. The molecule has 0 fully saturated rings. The number of aliphatic hydroxyl groups excluding tert-OH is 1. The van der Waals surface area contributed by atoms with Gasteiger partial charge in [0, 0.05) is 18.1 Å². The molecule has 0 aliphatic heterocycles. The summed E-state index contributed by atoms with van der Waals surface area (Å²) in [6.45, 7) is 0. The molecule has 0 spiro atoms. The smallest absolute Gasteiger partial charge is 0.224 e. The number of carbonyl (C=O) groups is 1. The summed E-state index contributed by atoms with van der Waals surface area (Å²) >= 11 is 0. The highest BCUT2D eigenvalue weighted by atomic mass is 16.3. The van der Waals surface area contributed by atoms with Gasteiger partial charge in [-0.25, -0.2) is 4.98 Å². The van der Waals surface area contributed by atoms with Crippen LogP contribution in [0.3, 0.4) is 0 Å². The second kappa shape index (κ2) is 8.39. The van der Waals surface area contributed by atoms with Crippen molar-refractivity contribution in [2.45, 2.75) is 12.8 Å². The highest BCUT2D eigenvalue weighted by Crippen LogP contribution is 2.29. The molecule has 2 aromatic carbocycles. The van der Waals surface area contributed by atoms with Crippen LogP contribution in [0.5, 0.6) is 0 Å². The number of benzene rings is 2. The monoisotopic (exact) mass is 385 g/mol. The van der Waals surface area contributed by atoms with Crippen LogP contribution in [0.1, 0.15) is 27.7 Å². The second-order valence-electron chi connectivity index (χ2n) is 6.53. The molecule has 0 saturated heterocycles. The largest absolute Gasteiger partial charge is 0.504 e. The van der Waals surface area contributed by atoms with Crippen molar-refractivity contribution in [2.24, 2.45) is 0 Å². The fourth-order valence-electron chi connectivity index (χ4n) is 3.09. The number of rotatable bonds is 7. The number of nitrogens with zero attached hydrogens (tertiary/aromatic N) is 2. The number of aliphatic hydroxyl groups is 1. The lowest BCUT2D eigenvalue weighted by molar-refractivity contribution is 0.101. The molecule has 0 saturated carbocycles. The van der Waals surface area contributed by atoms with Crippen LogP contribution in [0.4, 0.5) is 0 Å². The maximum atomic E-state index is 12.6. The van der Waals surface area contributed by atoms with E-state index in [1.54, 1.807) is 6.07 Å². The van der Waals surface area contributed by atoms with Gasteiger partial charge in [0.15, 0.2) is 17.3 Å². The molecule has 2 aromatic heterocycles. The minimum absolute atomic E-state index is 0.123. The summed E-state index contributed by atoms with van der Waals surface area (Å²) in [4.78, 5) is 16.5. The van der Waals surface area contributed by atoms with Crippen molar-refractivity contribution in [3.05, 3.63) is 102 Å². The number of hydrogen-bond acceptors (Lipinski definition) is 5. The van der Waals surface area contributed by atoms with Crippen molar-refractivity contribution in [1.29, 1.82) is 0 Å². The molecule has 144 valence electrons. The van der Waals surface area contributed by atoms with Crippen molar-refractivity contribution in [2.75, 3.05) is 0 Å². The Balaban J connectivity index is 1.64. The summed E-state index contributed by atoms with van der Waals surface area (Å²) < 4.78 is 5.92. The summed E-state index contributed by atoms with van der Waals surface area (Å²) in [7, 11) is 0. The lowest BCUT2D eigenvalue weighted by Crippen LogP contribution is -1.96. The van der Waals surface area contributed by atoms with E-state index in [-0.39, 0.29) is 17.3 Å². The van der Waals surface area contributed by atoms with Crippen LogP contribution in [-0.2, 0) is 12.8 Å². The molecule has 6 heteroatoms. The Labute approximate surface area is 167 Å². The van der Waals surface area contributed by atoms with Crippen LogP contribution in [0.15, 0.2) is 83.6 Å². The van der Waals surface area contributed by atoms with Gasteiger partial charge in [-0.05, 0) is 23.6 Å². The first-order valence-corrected chi connectivity index (χ1v) is 9.23. The Morgan fingerprint density at radius 2 is 1.76 bits per heavy atom. The third-order valence-electron chi connectivity index (χ3n) is 4.55. The first-order chi connectivity index (χ1) is 14.2. The molecule has 0 amide bonds. The molecular formula is C23H19N3O3. The van der Waals surface area contributed by atoms with Gasteiger partial charge in [-0.1, -0.05) is 60.7 Å². The Kier molecular flexibility index (Phi) is 5.33. The summed E-state index contributed by atoms with van der Waals surface area (Å²) in [5.41, 5.74) is 3.04. The van der Waals surface area contributed by atoms with E-state index < -0.39 is 5.78 Å². The van der Waals surface area contributed by atoms with Gasteiger partial charge in [-0.3, -0.25) is 9.89 Å². The number of aryl methyl sites for hydroxylation is 2. The van der Waals surface area contributed by atoms with Crippen molar-refractivity contribution >= 4 is 11.5 Å². The van der Waals surface area contributed by atoms with Gasteiger partial charge < -0.3 is 9.52 Å². The molecule has 2 heterocycles. The topological polar surface area (TPSA) is 92.0 Å². The fourth-order valence-corrected chi connectivity index (χ4v) is 3.09. The molecule has 0 radical (unpaired) electrons. The zero-order valence-electron chi connectivity index (χ0n) is 15.6. The van der Waals surface area contributed by atoms with Crippen LogP contribution in [0.25, 0.3) is 16.9 Å². The first kappa shape index (κ1) is 18.4. The van der Waals surface area contributed by atoms with Crippen molar-refractivity contribution in [3.8, 4) is 11.1 Å². The average molecular weight is 385 g/mol. The second-order valence-corrected chi connectivity index (χ2v) is 6.53. The van der Waals surface area contributed by atoms with Crippen LogP contribution in [0.2, 0.25) is 0 Å². The molecule has 0 bridgehead atoms. The number of ketones is 1. The zero-order valence-corrected chi connectivity index (χ0v) is 15.6. The molecule has 29 heavy (non-hydrogen) atoms. The van der Waals surface area contributed by atoms with Gasteiger partial charge >= 0.3 is 0 Å². The first-order valence-electron chi connectivity index (χ1n) is 9.23. The molecule has 4 aromatic rings. The van der Waals surface area contributed by atoms with E-state index in [2.05, 4.69) is 27.3 Å². The zero-order chi connectivity index (χ0) is 20.1. The maximum Gasteiger partial charge on any atom is 0.224 e. The van der Waals surface area contributed by atoms with E-state index in [4.69, 9.17) is 4.42 Å². The van der Waals surface area contributed by atoms with Crippen LogP contribution in [-0.4, -0.2) is 26.1 Å². The summed E-state index contributed by atoms with van der Waals surface area (Å²) in [5, 5.41) is 16.2. The lowest BCUT2D eigenvalue weighted by Gasteiger charge is -2.03. The SMILES string of the molecule is O=C(C=C(O)c1ncn[nH]1)c1cc(-c2ccccc2)c(CCc2ccccc2)o1. The van der Waals surface area contributed by atoms with E-state index in [1.807, 2.05) is 48.5 Å². The van der Waals surface area contributed by atoms with E-state index in [0.717, 1.165) is 29.4 Å². The third-order valence-corrected chi connectivity index (χ3v) is 4.55. The Hall–Kier alpha value is -3.93. The quantitative estimate of drug-likeness (QED) is 0.275. The summed E-state index contributed by atoms with van der Waals surface area (Å²) in [6.07, 6.45) is 3.78. The maximum absolute atomic E-state index is 12.6. The fraction of sp³-hybridized carbons (Fsp3) is 0.0870. The summed E-state index contributed by atoms with van der Waals surface area (Å²) in [6, 6.07) is 21.6. The van der Waals surface area contributed by atoms with Gasteiger partial charge in [0.05, 0.1) is 0 Å². The Morgan fingerprint density at radius 1 is 1.03 bits per heavy atom. The predicted octanol–water partition coefficient (Wildman–Crippen LogP) is 4.63. The normalized spacial score (nSPS) is 11.5. The van der Waals surface area contributed by atoms with Crippen LogP contribution >= 0.6 is 0 Å². The van der Waals surface area contributed by atoms with Crippen LogP contribution in [0, 0.1) is 0 Å². The molecule has 0 unspecified atom stereocenters. The molecule has 6 nitrogen and oxygen atoms in total. The highest BCUT2D eigenvalue weighted by Gasteiger charge is 2.18. The number of nitrogens with one attached hydrogen (secondary N) is 1. The number of aromatic amines is 1. The lowest BCUT2D eigenvalue weighted by atomic mass is 10.0.